The third kappa shape index (κ3) is 8.66. The van der Waals surface area contributed by atoms with Gasteiger partial charge in [0.15, 0.2) is 22.0 Å². The van der Waals surface area contributed by atoms with E-state index >= 15 is 0 Å². The molecule has 11 aromatic carbocycles. The molecule has 0 spiro atoms. The van der Waals surface area contributed by atoms with Crippen molar-refractivity contribution < 1.29 is 0 Å². The fraction of sp³-hybridized carbons (Fsp3) is 0.0145. The minimum absolute atomic E-state index is 0.331. The van der Waals surface area contributed by atoms with Crippen LogP contribution in [0.4, 0.5) is 0 Å². The number of benzene rings is 11. The summed E-state index contributed by atoms with van der Waals surface area (Å²) in [7, 11) is -5.54. The Hall–Kier alpha value is -9.21. The van der Waals surface area contributed by atoms with Crippen molar-refractivity contribution in [1.82, 2.24) is 4.57 Å². The number of amidine groups is 2. The summed E-state index contributed by atoms with van der Waals surface area (Å²) in [5.74, 6) is 0.954. The lowest BCUT2D eigenvalue weighted by atomic mass is 10.0. The molecule has 75 heavy (non-hydrogen) atoms. The summed E-state index contributed by atoms with van der Waals surface area (Å²) in [5, 5.41) is 12.8. The maximum absolute atomic E-state index is 7.24. The summed E-state index contributed by atoms with van der Waals surface area (Å²) in [6.45, 7) is 0.331. The number of para-hydroxylation sites is 1. The molecule has 0 unspecified atom stereocenters. The zero-order valence-corrected chi connectivity index (χ0v) is 43.5. The highest BCUT2D eigenvalue weighted by Crippen LogP contribution is 2.33. The molecule has 6 heteroatoms. The van der Waals surface area contributed by atoms with Crippen LogP contribution in [0.2, 0.25) is 0 Å². The Balaban J connectivity index is 1.00. The van der Waals surface area contributed by atoms with Gasteiger partial charge in [0.2, 0.25) is 0 Å². The van der Waals surface area contributed by atoms with E-state index in [1.807, 2.05) is 0 Å². The fourth-order valence-corrected chi connectivity index (χ4v) is 20.9. The van der Waals surface area contributed by atoms with Crippen LogP contribution in [-0.2, 0) is 6.67 Å². The predicted octanol–water partition coefficient (Wildman–Crippen LogP) is 10.0. The van der Waals surface area contributed by atoms with Crippen molar-refractivity contribution in [3.05, 3.63) is 314 Å². The molecule has 0 fully saturated rings. The van der Waals surface area contributed by atoms with Gasteiger partial charge in [-0.1, -0.05) is 285 Å². The molecule has 358 valence electrons. The van der Waals surface area contributed by atoms with Crippen LogP contribution in [0.15, 0.2) is 313 Å². The van der Waals surface area contributed by atoms with Crippen molar-refractivity contribution in [2.24, 2.45) is 15.7 Å². The molecule has 4 nitrogen and oxygen atoms in total. The van der Waals surface area contributed by atoms with Gasteiger partial charge in [-0.25, -0.2) is 9.98 Å². The van der Waals surface area contributed by atoms with Gasteiger partial charge < -0.3 is 10.3 Å². The van der Waals surface area contributed by atoms with Crippen molar-refractivity contribution in [3.8, 4) is 11.1 Å². The van der Waals surface area contributed by atoms with Crippen molar-refractivity contribution in [1.29, 1.82) is 0 Å². The first-order valence-electron chi connectivity index (χ1n) is 25.6. The van der Waals surface area contributed by atoms with Crippen molar-refractivity contribution in [2.45, 2.75) is 6.67 Å². The van der Waals surface area contributed by atoms with Crippen LogP contribution < -0.4 is 47.2 Å². The first-order chi connectivity index (χ1) is 37.1. The number of nitrogens with two attached hydrogens (primary N) is 1. The second-order valence-corrected chi connectivity index (χ2v) is 26.6. The van der Waals surface area contributed by atoms with Crippen molar-refractivity contribution >= 4 is 91.1 Å². The lowest BCUT2D eigenvalue weighted by Gasteiger charge is -2.34. The lowest BCUT2D eigenvalue weighted by molar-refractivity contribution is 0.791. The zero-order valence-electron chi connectivity index (χ0n) is 41.5. The second kappa shape index (κ2) is 20.7. The van der Waals surface area contributed by atoms with E-state index in [1.165, 1.54) is 63.4 Å². The Morgan fingerprint density at radius 3 is 1.09 bits per heavy atom. The van der Waals surface area contributed by atoms with E-state index in [-0.39, 0.29) is 0 Å². The van der Waals surface area contributed by atoms with Crippen LogP contribution in [-0.4, -0.2) is 32.4 Å². The first kappa shape index (κ1) is 46.8. The molecule has 0 bridgehead atoms. The molecule has 0 aliphatic carbocycles. The largest absolute Gasteiger partial charge is 0.383 e. The van der Waals surface area contributed by atoms with E-state index in [1.54, 1.807) is 0 Å². The zero-order chi connectivity index (χ0) is 50.4. The number of aromatic nitrogens is 1. The molecule has 12 rings (SSSR count). The summed E-state index contributed by atoms with van der Waals surface area (Å²) in [5.41, 5.74) is 13.5. The maximum Gasteiger partial charge on any atom is 0.179 e. The van der Waals surface area contributed by atoms with Crippen molar-refractivity contribution in [3.63, 3.8) is 0 Å². The Bertz CT molecular complexity index is 3730. The topological polar surface area (TPSA) is 55.7 Å². The average Bonchev–Trinajstić information content (AvgIpc) is 3.81. The molecule has 0 aliphatic heterocycles. The average molecular weight is 995 g/mol. The number of rotatable bonds is 13. The van der Waals surface area contributed by atoms with Crippen LogP contribution in [0, 0.1) is 0 Å². The summed E-state index contributed by atoms with van der Waals surface area (Å²) < 4.78 is 2.30. The molecule has 0 radical (unpaired) electrons. The van der Waals surface area contributed by atoms with Crippen LogP contribution in [0.25, 0.3) is 32.9 Å². The summed E-state index contributed by atoms with van der Waals surface area (Å²) in [4.78, 5) is 10.8. The standard InChI is InChI=1S/C69H54N4Si2/c70-68(53-40-45-62(46-41-53)74(56-26-10-2-11-27-56,57-28-12-3-13-29-57)58-30-14-4-15-31-58)72-69(71-51-73-66-39-23-22-38-64(66)65-50-55(44-49-67(65)73)52-24-8-1-9-25-52)54-42-47-63(48-43-54)75(59-32-16-5-17-33-59,60-34-18-6-19-35-60)61-36-20-7-21-37-61/h1-50H,51H2,(H2,70,71,72). The van der Waals surface area contributed by atoms with E-state index in [2.05, 4.69) is 308 Å². The maximum atomic E-state index is 7.24. The molecular formula is C69H54N4Si2. The molecule has 0 saturated heterocycles. The molecule has 1 heterocycles. The predicted molar refractivity (Wildman–Crippen MR) is 322 cm³/mol. The number of fused-ring (bicyclic) bond motifs is 3. The smallest absolute Gasteiger partial charge is 0.179 e. The minimum atomic E-state index is -2.79. The van der Waals surface area contributed by atoms with Gasteiger partial charge in [0.05, 0.1) is 11.0 Å². The summed E-state index contributed by atoms with van der Waals surface area (Å²) >= 11 is 0. The van der Waals surface area contributed by atoms with Gasteiger partial charge >= 0.3 is 0 Å². The van der Waals surface area contributed by atoms with E-state index < -0.39 is 16.1 Å². The number of hydrogen-bond acceptors (Lipinski definition) is 1. The minimum Gasteiger partial charge on any atom is -0.383 e. The van der Waals surface area contributed by atoms with E-state index in [4.69, 9.17) is 15.7 Å². The Morgan fingerprint density at radius 1 is 0.320 bits per heavy atom. The van der Waals surface area contributed by atoms with Crippen LogP contribution in [0.1, 0.15) is 11.1 Å². The number of hydrogen-bond donors (Lipinski definition) is 1. The van der Waals surface area contributed by atoms with E-state index in [9.17, 15) is 0 Å². The van der Waals surface area contributed by atoms with Gasteiger partial charge in [0, 0.05) is 21.9 Å². The van der Waals surface area contributed by atoms with Gasteiger partial charge in [-0.05, 0) is 70.8 Å². The molecule has 1 aromatic heterocycles. The van der Waals surface area contributed by atoms with E-state index in [0.717, 1.165) is 22.2 Å². The molecule has 0 amide bonds. The molecule has 0 saturated carbocycles. The monoisotopic (exact) mass is 994 g/mol. The summed E-state index contributed by atoms with van der Waals surface area (Å²) in [6, 6.07) is 110. The molecule has 12 aromatic rings. The van der Waals surface area contributed by atoms with Gasteiger partial charge in [-0.3, -0.25) is 0 Å². The number of nitrogens with zero attached hydrogens (tertiary/aromatic N) is 3. The Labute approximate surface area is 441 Å². The van der Waals surface area contributed by atoms with Gasteiger partial charge in [-0.15, -0.1) is 0 Å². The van der Waals surface area contributed by atoms with Gasteiger partial charge in [-0.2, -0.15) is 0 Å². The Kier molecular flexibility index (Phi) is 12.9. The van der Waals surface area contributed by atoms with Gasteiger partial charge in [0.25, 0.3) is 0 Å². The lowest BCUT2D eigenvalue weighted by Crippen LogP contribution is -2.74. The fourth-order valence-electron chi connectivity index (χ4n) is 11.4. The van der Waals surface area contributed by atoms with Crippen molar-refractivity contribution in [2.75, 3.05) is 0 Å². The highest BCUT2D eigenvalue weighted by Gasteiger charge is 2.42. The number of aliphatic imine (C=N–C) groups is 2. The molecule has 0 atom stereocenters. The Morgan fingerprint density at radius 2 is 0.667 bits per heavy atom. The third-order valence-electron chi connectivity index (χ3n) is 14.9. The van der Waals surface area contributed by atoms with Crippen LogP contribution in [0.5, 0.6) is 0 Å². The highest BCUT2D eigenvalue weighted by atomic mass is 28.3. The molecule has 0 aliphatic rings. The molecule has 2 N–H and O–H groups in total. The van der Waals surface area contributed by atoms with Crippen LogP contribution in [0.3, 0.4) is 0 Å². The first-order valence-corrected chi connectivity index (χ1v) is 29.6. The van der Waals surface area contributed by atoms with Crippen LogP contribution >= 0.6 is 0 Å². The summed E-state index contributed by atoms with van der Waals surface area (Å²) in [6.07, 6.45) is 0. The quantitative estimate of drug-likeness (QED) is 0.0532. The van der Waals surface area contributed by atoms with E-state index in [0.29, 0.717) is 18.3 Å². The van der Waals surface area contributed by atoms with Gasteiger partial charge in [0.1, 0.15) is 12.5 Å². The second-order valence-electron chi connectivity index (χ2n) is 19.0. The third-order valence-corrected chi connectivity index (χ3v) is 24.5. The highest BCUT2D eigenvalue weighted by molar-refractivity contribution is 7.20. The molecular weight excluding hydrogens is 941 g/mol. The SMILES string of the molecule is NC(=N/C(=N\Cn1c2ccccc2c2cc(-c3ccccc3)ccc21)c1ccc([Si](c2ccccc2)(c2ccccc2)c2ccccc2)cc1)c1ccc([Si](c2ccccc2)(c2ccccc2)c2ccccc2)cc1. The normalized spacial score (nSPS) is 12.3.